The molecular formula is C18H21NO5. The minimum Gasteiger partial charge on any atom is -0.478 e. The van der Waals surface area contributed by atoms with Crippen molar-refractivity contribution < 1.29 is 24.3 Å². The number of aryl methyl sites for hydroxylation is 1. The van der Waals surface area contributed by atoms with Crippen LogP contribution in [0, 0.1) is 11.8 Å². The summed E-state index contributed by atoms with van der Waals surface area (Å²) in [5, 5.41) is 12.7. The summed E-state index contributed by atoms with van der Waals surface area (Å²) >= 11 is 0. The Balaban J connectivity index is 1.61. The van der Waals surface area contributed by atoms with Crippen LogP contribution in [0.2, 0.25) is 0 Å². The molecule has 24 heavy (non-hydrogen) atoms. The second-order valence-electron chi connectivity index (χ2n) is 6.41. The number of ether oxygens (including phenoxy) is 1. The molecule has 1 aromatic rings. The maximum atomic E-state index is 10.9. The second kappa shape index (κ2) is 7.13. The van der Waals surface area contributed by atoms with Crippen molar-refractivity contribution in [2.24, 2.45) is 17.0 Å². The van der Waals surface area contributed by atoms with E-state index in [0.29, 0.717) is 11.5 Å². The van der Waals surface area contributed by atoms with E-state index in [9.17, 15) is 9.59 Å². The van der Waals surface area contributed by atoms with E-state index in [4.69, 9.17) is 9.84 Å². The molecule has 1 N–H and O–H groups in total. The molecule has 2 fully saturated rings. The molecule has 3 rings (SSSR count). The van der Waals surface area contributed by atoms with Gasteiger partial charge in [0.15, 0.2) is 0 Å². The first kappa shape index (κ1) is 16.6. The third kappa shape index (κ3) is 3.64. The number of carbonyl (C=O) groups excluding carboxylic acids is 1. The molecule has 6 nitrogen and oxygen atoms in total. The van der Waals surface area contributed by atoms with Gasteiger partial charge in [-0.05, 0) is 49.3 Å². The van der Waals surface area contributed by atoms with Gasteiger partial charge in [0.2, 0.25) is 0 Å². The Kier molecular flexibility index (Phi) is 4.94. The molecule has 2 aliphatic rings. The lowest BCUT2D eigenvalue weighted by Crippen LogP contribution is -2.28. The van der Waals surface area contributed by atoms with Gasteiger partial charge in [-0.2, -0.15) is 0 Å². The summed E-state index contributed by atoms with van der Waals surface area (Å²) < 4.78 is 5.98. The first-order valence-corrected chi connectivity index (χ1v) is 8.23. The van der Waals surface area contributed by atoms with Crippen molar-refractivity contribution in [1.29, 1.82) is 0 Å². The van der Waals surface area contributed by atoms with Crippen molar-refractivity contribution in [2.75, 3.05) is 0 Å². The monoisotopic (exact) mass is 331 g/mol. The first-order chi connectivity index (χ1) is 11.5. The molecule has 2 bridgehead atoms. The van der Waals surface area contributed by atoms with Crippen LogP contribution >= 0.6 is 0 Å². The molecule has 0 saturated carbocycles. The number of aromatic carboxylic acids is 1. The zero-order chi connectivity index (χ0) is 17.1. The molecule has 0 spiro atoms. The Bertz CT molecular complexity index is 639. The van der Waals surface area contributed by atoms with Gasteiger partial charge in [0.05, 0.1) is 24.0 Å². The van der Waals surface area contributed by atoms with E-state index < -0.39 is 11.9 Å². The van der Waals surface area contributed by atoms with Crippen LogP contribution in [0.5, 0.6) is 0 Å². The van der Waals surface area contributed by atoms with E-state index >= 15 is 0 Å². The van der Waals surface area contributed by atoms with E-state index in [2.05, 4.69) is 9.99 Å². The van der Waals surface area contributed by atoms with E-state index in [1.807, 2.05) is 12.1 Å². The molecule has 2 heterocycles. The summed E-state index contributed by atoms with van der Waals surface area (Å²) in [6, 6.07) is 6.99. The Morgan fingerprint density at radius 1 is 1.29 bits per heavy atom. The Morgan fingerprint density at radius 2 is 2.00 bits per heavy atom. The molecular weight excluding hydrogens is 310 g/mol. The second-order valence-corrected chi connectivity index (χ2v) is 6.41. The number of carboxylic acids is 1. The highest BCUT2D eigenvalue weighted by molar-refractivity contribution is 5.87. The van der Waals surface area contributed by atoms with Gasteiger partial charge in [0, 0.05) is 12.8 Å². The van der Waals surface area contributed by atoms with Gasteiger partial charge in [0.1, 0.15) is 0 Å². The molecule has 128 valence electrons. The molecule has 4 atom stereocenters. The lowest BCUT2D eigenvalue weighted by atomic mass is 9.77. The smallest absolute Gasteiger partial charge is 0.335 e. The molecule has 2 aliphatic heterocycles. The lowest BCUT2D eigenvalue weighted by molar-refractivity contribution is -0.140. The topological polar surface area (TPSA) is 85.2 Å². The van der Waals surface area contributed by atoms with Crippen LogP contribution in [0.4, 0.5) is 0 Å². The number of carboxylic acid groups (broad SMARTS) is 1. The molecule has 1 aromatic carbocycles. The number of hydrogen-bond acceptors (Lipinski definition) is 5. The minimum absolute atomic E-state index is 0.161. The fourth-order valence-electron chi connectivity index (χ4n) is 3.72. The first-order valence-electron chi connectivity index (χ1n) is 8.23. The van der Waals surface area contributed by atoms with Gasteiger partial charge in [-0.1, -0.05) is 17.3 Å². The van der Waals surface area contributed by atoms with Crippen molar-refractivity contribution in [3.05, 3.63) is 35.4 Å². The van der Waals surface area contributed by atoms with Gasteiger partial charge >= 0.3 is 11.9 Å². The highest BCUT2D eigenvalue weighted by atomic mass is 16.7. The van der Waals surface area contributed by atoms with Gasteiger partial charge in [-0.3, -0.25) is 0 Å². The number of hydrogen-bond donors (Lipinski definition) is 1. The van der Waals surface area contributed by atoms with Crippen molar-refractivity contribution in [3.63, 3.8) is 0 Å². The molecule has 0 aromatic heterocycles. The number of nitrogens with zero attached hydrogens (tertiary/aromatic N) is 1. The third-order valence-corrected chi connectivity index (χ3v) is 4.87. The average Bonchev–Trinajstić information content (AvgIpc) is 3.14. The number of fused-ring (bicyclic) bond motifs is 2. The van der Waals surface area contributed by atoms with E-state index in [-0.39, 0.29) is 18.1 Å². The van der Waals surface area contributed by atoms with Crippen LogP contribution in [0.15, 0.2) is 29.4 Å². The maximum absolute atomic E-state index is 10.9. The van der Waals surface area contributed by atoms with E-state index in [1.54, 1.807) is 18.3 Å². The number of carbonyl (C=O) groups is 2. The molecule has 0 amide bonds. The van der Waals surface area contributed by atoms with E-state index in [1.165, 1.54) is 6.92 Å². The Hall–Kier alpha value is -2.21. The van der Waals surface area contributed by atoms with Gasteiger partial charge in [-0.15, -0.1) is 0 Å². The van der Waals surface area contributed by atoms with Crippen LogP contribution in [-0.2, 0) is 20.8 Å². The number of rotatable bonds is 6. The zero-order valence-corrected chi connectivity index (χ0v) is 13.6. The highest BCUT2D eigenvalue weighted by Gasteiger charge is 2.47. The maximum Gasteiger partial charge on any atom is 0.335 e. The fourth-order valence-corrected chi connectivity index (χ4v) is 3.72. The van der Waals surface area contributed by atoms with Crippen LogP contribution in [0.3, 0.4) is 0 Å². The summed E-state index contributed by atoms with van der Waals surface area (Å²) in [6.45, 7) is 1.33. The Morgan fingerprint density at radius 3 is 2.67 bits per heavy atom. The fraction of sp³-hybridized carbons (Fsp3) is 0.500. The van der Waals surface area contributed by atoms with Crippen LogP contribution in [-0.4, -0.2) is 35.5 Å². The third-order valence-electron chi connectivity index (χ3n) is 4.87. The van der Waals surface area contributed by atoms with Gasteiger partial charge in [-0.25, -0.2) is 9.59 Å². The number of oxime groups is 1. The summed E-state index contributed by atoms with van der Waals surface area (Å²) in [4.78, 5) is 26.4. The largest absolute Gasteiger partial charge is 0.478 e. The quantitative estimate of drug-likeness (QED) is 0.492. The summed E-state index contributed by atoms with van der Waals surface area (Å²) in [7, 11) is 0. The molecule has 2 saturated heterocycles. The van der Waals surface area contributed by atoms with Crippen molar-refractivity contribution in [1.82, 2.24) is 0 Å². The minimum atomic E-state index is -0.912. The highest BCUT2D eigenvalue weighted by Crippen LogP contribution is 2.44. The SMILES string of the molecule is CC(=O)ON=C[C@H]1[C@@H](CCc2ccc(C(=O)O)cc2)[C@H]2CC[C@@H]1O2. The average molecular weight is 331 g/mol. The predicted octanol–water partition coefficient (Wildman–Crippen LogP) is 2.66. The molecule has 0 unspecified atom stereocenters. The van der Waals surface area contributed by atoms with Crippen molar-refractivity contribution >= 4 is 18.2 Å². The summed E-state index contributed by atoms with van der Waals surface area (Å²) in [6.07, 6.45) is 5.98. The number of benzene rings is 1. The standard InChI is InChI=1S/C18H21NO5/c1-11(20)24-19-10-15-14(16-8-9-17(15)23-16)7-4-12-2-5-13(6-3-12)18(21)22/h2-3,5-6,10,14-17H,4,7-9H2,1H3,(H,21,22)/t14-,15+,16-,17+/m1/s1. The van der Waals surface area contributed by atoms with Crippen molar-refractivity contribution in [3.8, 4) is 0 Å². The van der Waals surface area contributed by atoms with Crippen molar-refractivity contribution in [2.45, 2.75) is 44.8 Å². The van der Waals surface area contributed by atoms with E-state index in [0.717, 1.165) is 31.2 Å². The lowest BCUT2D eigenvalue weighted by Gasteiger charge is -2.24. The molecule has 0 aliphatic carbocycles. The van der Waals surface area contributed by atoms with Crippen LogP contribution < -0.4 is 0 Å². The molecule has 0 radical (unpaired) electrons. The van der Waals surface area contributed by atoms with Gasteiger partial charge < -0.3 is 14.7 Å². The summed E-state index contributed by atoms with van der Waals surface area (Å²) in [5.41, 5.74) is 1.41. The normalized spacial score (nSPS) is 28.4. The zero-order valence-electron chi connectivity index (χ0n) is 13.6. The van der Waals surface area contributed by atoms with Gasteiger partial charge in [0.25, 0.3) is 0 Å². The van der Waals surface area contributed by atoms with Crippen LogP contribution in [0.25, 0.3) is 0 Å². The van der Waals surface area contributed by atoms with Crippen LogP contribution in [0.1, 0.15) is 42.1 Å². The predicted molar refractivity (Wildman–Crippen MR) is 86.9 cm³/mol. The Labute approximate surface area is 140 Å². The summed E-state index contributed by atoms with van der Waals surface area (Å²) in [5.74, 6) is -0.821. The molecule has 6 heteroatoms.